The summed E-state index contributed by atoms with van der Waals surface area (Å²) >= 11 is 6.87. The van der Waals surface area contributed by atoms with Crippen LogP contribution >= 0.6 is 31.9 Å². The van der Waals surface area contributed by atoms with Crippen LogP contribution in [0.25, 0.3) is 10.9 Å². The highest BCUT2D eigenvalue weighted by atomic mass is 79.9. The molecule has 184 valence electrons. The molecule has 1 aromatic heterocycles. The van der Waals surface area contributed by atoms with Crippen molar-refractivity contribution < 1.29 is 19.4 Å². The Hall–Kier alpha value is -2.72. The van der Waals surface area contributed by atoms with Gasteiger partial charge in [-0.05, 0) is 71.6 Å². The van der Waals surface area contributed by atoms with Gasteiger partial charge in [-0.25, -0.2) is 9.78 Å². The second kappa shape index (κ2) is 11.3. The van der Waals surface area contributed by atoms with Crippen molar-refractivity contribution in [2.45, 2.75) is 44.9 Å². The zero-order chi connectivity index (χ0) is 24.9. The van der Waals surface area contributed by atoms with Gasteiger partial charge < -0.3 is 14.6 Å². The van der Waals surface area contributed by atoms with E-state index in [0.29, 0.717) is 44.9 Å². The van der Waals surface area contributed by atoms with Crippen LogP contribution in [0.15, 0.2) is 49.2 Å². The Morgan fingerprint density at radius 3 is 2.69 bits per heavy atom. The second-order valence-corrected chi connectivity index (χ2v) is 10.0. The maximum atomic E-state index is 13.5. The van der Waals surface area contributed by atoms with Gasteiger partial charge in [-0.15, -0.1) is 0 Å². The number of rotatable bonds is 8. The van der Waals surface area contributed by atoms with Crippen LogP contribution in [0.4, 0.5) is 0 Å². The summed E-state index contributed by atoms with van der Waals surface area (Å²) < 4.78 is 13.8. The van der Waals surface area contributed by atoms with Crippen molar-refractivity contribution in [1.29, 1.82) is 0 Å². The highest BCUT2D eigenvalue weighted by Gasteiger charge is 2.22. The molecule has 0 amide bonds. The number of aromatic nitrogens is 2. The Morgan fingerprint density at radius 2 is 1.97 bits per heavy atom. The number of ether oxygens (including phenoxy) is 2. The van der Waals surface area contributed by atoms with Gasteiger partial charge in [-0.2, -0.15) is 9.78 Å². The first-order valence-corrected chi connectivity index (χ1v) is 13.0. The highest BCUT2D eigenvalue weighted by molar-refractivity contribution is 9.10. The molecule has 8 nitrogen and oxygen atoms in total. The molecule has 0 aliphatic heterocycles. The van der Waals surface area contributed by atoms with E-state index in [9.17, 15) is 9.59 Å². The molecule has 0 saturated heterocycles. The van der Waals surface area contributed by atoms with Crippen LogP contribution in [-0.2, 0) is 4.79 Å². The van der Waals surface area contributed by atoms with Gasteiger partial charge in [-0.1, -0.05) is 35.2 Å². The molecule has 0 radical (unpaired) electrons. The molecule has 0 atom stereocenters. The number of nitrogens with zero attached hydrogens (tertiary/aromatic N) is 3. The van der Waals surface area contributed by atoms with Crippen molar-refractivity contribution in [1.82, 2.24) is 9.66 Å². The molecule has 35 heavy (non-hydrogen) atoms. The number of hydrogen-bond donors (Lipinski definition) is 1. The normalized spacial score (nSPS) is 14.5. The fourth-order valence-corrected chi connectivity index (χ4v) is 5.16. The number of carboxylic acid groups (broad SMARTS) is 1. The summed E-state index contributed by atoms with van der Waals surface area (Å²) in [7, 11) is 0. The lowest BCUT2D eigenvalue weighted by molar-refractivity contribution is -0.139. The lowest BCUT2D eigenvalue weighted by atomic mass is 9.88. The number of carbonyl (C=O) groups is 1. The molecule has 1 heterocycles. The number of benzene rings is 2. The maximum absolute atomic E-state index is 13.5. The first kappa shape index (κ1) is 25.4. The van der Waals surface area contributed by atoms with Crippen LogP contribution in [-0.4, -0.2) is 40.2 Å². The first-order chi connectivity index (χ1) is 16.9. The van der Waals surface area contributed by atoms with E-state index in [4.69, 9.17) is 19.6 Å². The van der Waals surface area contributed by atoms with E-state index in [1.807, 2.05) is 19.1 Å². The molecule has 10 heteroatoms. The third-order valence-corrected chi connectivity index (χ3v) is 6.88. The zero-order valence-corrected chi connectivity index (χ0v) is 22.3. The third kappa shape index (κ3) is 5.92. The number of halogens is 2. The molecule has 4 rings (SSSR count). The van der Waals surface area contributed by atoms with Crippen LogP contribution in [0.3, 0.4) is 0 Å². The van der Waals surface area contributed by atoms with E-state index in [2.05, 4.69) is 37.0 Å². The van der Waals surface area contributed by atoms with Crippen molar-refractivity contribution in [2.75, 3.05) is 13.2 Å². The molecule has 1 aliphatic rings. The van der Waals surface area contributed by atoms with Gasteiger partial charge in [-0.3, -0.25) is 4.79 Å². The summed E-state index contributed by atoms with van der Waals surface area (Å²) in [4.78, 5) is 29.3. The van der Waals surface area contributed by atoms with E-state index < -0.39 is 12.6 Å². The third-order valence-electron chi connectivity index (χ3n) is 5.80. The first-order valence-electron chi connectivity index (χ1n) is 11.4. The zero-order valence-electron chi connectivity index (χ0n) is 19.2. The fraction of sp³-hybridized carbons (Fsp3) is 0.360. The average molecular weight is 607 g/mol. The maximum Gasteiger partial charge on any atom is 0.341 e. The Kier molecular flexibility index (Phi) is 8.22. The fourth-order valence-electron chi connectivity index (χ4n) is 4.23. The van der Waals surface area contributed by atoms with E-state index in [0.717, 1.165) is 30.2 Å². The molecule has 1 fully saturated rings. The minimum atomic E-state index is -1.09. The summed E-state index contributed by atoms with van der Waals surface area (Å²) in [6, 6.07) is 8.93. The summed E-state index contributed by atoms with van der Waals surface area (Å²) in [5, 5.41) is 14.0. The monoisotopic (exact) mass is 605 g/mol. The number of hydrogen-bond acceptors (Lipinski definition) is 6. The van der Waals surface area contributed by atoms with Gasteiger partial charge in [0.05, 0.1) is 28.2 Å². The molecule has 0 unspecified atom stereocenters. The van der Waals surface area contributed by atoms with Crippen molar-refractivity contribution in [3.05, 3.63) is 61.0 Å². The summed E-state index contributed by atoms with van der Waals surface area (Å²) in [6.07, 6.45) is 6.91. The van der Waals surface area contributed by atoms with Crippen LogP contribution < -0.4 is 15.0 Å². The molecule has 1 N–H and O–H groups in total. The Labute approximate surface area is 219 Å². The number of carboxylic acids is 1. The van der Waals surface area contributed by atoms with E-state index >= 15 is 0 Å². The largest absolute Gasteiger partial charge is 0.490 e. The molecular weight excluding hydrogens is 582 g/mol. The van der Waals surface area contributed by atoms with Gasteiger partial charge in [0.1, 0.15) is 5.82 Å². The Bertz CT molecular complexity index is 1330. The smallest absolute Gasteiger partial charge is 0.341 e. The van der Waals surface area contributed by atoms with Gasteiger partial charge >= 0.3 is 5.97 Å². The summed E-state index contributed by atoms with van der Waals surface area (Å²) in [5.74, 6) is 0.425. The van der Waals surface area contributed by atoms with Crippen LogP contribution in [0.5, 0.6) is 11.5 Å². The minimum Gasteiger partial charge on any atom is -0.490 e. The standard InChI is InChI=1S/C25H25Br2N3O5/c1-2-34-21-11-15(10-19(27)23(21)35-14-22(31)32)13-28-30-24(16-6-4-3-5-7-16)29-20-9-8-17(26)12-18(20)25(30)33/h8-13,16H,2-7,14H2,1H3,(H,31,32). The highest BCUT2D eigenvalue weighted by Crippen LogP contribution is 2.37. The van der Waals surface area contributed by atoms with E-state index in [-0.39, 0.29) is 11.5 Å². The molecular formula is C25H25Br2N3O5. The van der Waals surface area contributed by atoms with Crippen LogP contribution in [0, 0.1) is 0 Å². The Morgan fingerprint density at radius 1 is 1.20 bits per heavy atom. The molecule has 0 spiro atoms. The summed E-state index contributed by atoms with van der Waals surface area (Å²) in [5.41, 5.74) is 1.09. The van der Waals surface area contributed by atoms with E-state index in [1.165, 1.54) is 11.1 Å². The molecule has 0 bridgehead atoms. The van der Waals surface area contributed by atoms with Gasteiger partial charge in [0.2, 0.25) is 0 Å². The quantitative estimate of drug-likeness (QED) is 0.329. The van der Waals surface area contributed by atoms with Gasteiger partial charge in [0.15, 0.2) is 18.1 Å². The summed E-state index contributed by atoms with van der Waals surface area (Å²) in [6.45, 7) is 1.69. The van der Waals surface area contributed by atoms with Crippen molar-refractivity contribution in [3.63, 3.8) is 0 Å². The predicted octanol–water partition coefficient (Wildman–Crippen LogP) is 5.71. The number of aliphatic carboxylic acids is 1. The SMILES string of the molecule is CCOc1cc(C=Nn2c(C3CCCCC3)nc3ccc(Br)cc3c2=O)cc(Br)c1OCC(=O)O. The minimum absolute atomic E-state index is 0.166. The average Bonchev–Trinajstić information content (AvgIpc) is 2.84. The lowest BCUT2D eigenvalue weighted by Gasteiger charge is -2.22. The van der Waals surface area contributed by atoms with E-state index in [1.54, 1.807) is 24.4 Å². The second-order valence-electron chi connectivity index (χ2n) is 8.27. The number of fused-ring (bicyclic) bond motifs is 1. The van der Waals surface area contributed by atoms with Crippen molar-refractivity contribution >= 4 is 54.9 Å². The van der Waals surface area contributed by atoms with Crippen molar-refractivity contribution in [2.24, 2.45) is 5.10 Å². The molecule has 2 aromatic carbocycles. The van der Waals surface area contributed by atoms with Crippen LogP contribution in [0.2, 0.25) is 0 Å². The molecule has 1 aliphatic carbocycles. The lowest BCUT2D eigenvalue weighted by Crippen LogP contribution is -2.25. The van der Waals surface area contributed by atoms with Gasteiger partial charge in [0, 0.05) is 10.4 Å². The topological polar surface area (TPSA) is 103 Å². The molecule has 3 aromatic rings. The predicted molar refractivity (Wildman–Crippen MR) is 141 cm³/mol. The van der Waals surface area contributed by atoms with Crippen molar-refractivity contribution in [3.8, 4) is 11.5 Å². The molecule has 1 saturated carbocycles. The van der Waals surface area contributed by atoms with Crippen LogP contribution in [0.1, 0.15) is 56.3 Å². The van der Waals surface area contributed by atoms with Gasteiger partial charge in [0.25, 0.3) is 5.56 Å². The Balaban J connectivity index is 1.78.